The number of benzene rings is 3. The quantitative estimate of drug-likeness (QED) is 0.466. The van der Waals surface area contributed by atoms with E-state index in [4.69, 9.17) is 14.5 Å². The highest BCUT2D eigenvalue weighted by Gasteiger charge is 2.20. The number of ether oxygens (including phenoxy) is 2. The van der Waals surface area contributed by atoms with Crippen LogP contribution < -0.4 is 15.2 Å². The lowest BCUT2D eigenvalue weighted by Gasteiger charge is -2.30. The van der Waals surface area contributed by atoms with E-state index in [0.717, 1.165) is 70.3 Å². The number of hydrogen-bond donors (Lipinski definition) is 0. The zero-order valence-electron chi connectivity index (χ0n) is 16.0. The second kappa shape index (κ2) is 6.06. The minimum absolute atomic E-state index is 0.0371. The van der Waals surface area contributed by atoms with Gasteiger partial charge in [0.1, 0.15) is 11.4 Å². The van der Waals surface area contributed by atoms with Crippen molar-refractivity contribution in [3.63, 3.8) is 0 Å². The monoisotopic (exact) mass is 385 g/mol. The van der Waals surface area contributed by atoms with Crippen LogP contribution in [0.5, 0.6) is 5.75 Å². The smallest absolute Gasteiger partial charge is 0.264 e. The molecule has 2 aromatic heterocycles. The fourth-order valence-corrected chi connectivity index (χ4v) is 4.53. The first kappa shape index (κ1) is 16.6. The molecule has 0 atom stereocenters. The molecule has 0 N–H and O–H groups in total. The van der Waals surface area contributed by atoms with Gasteiger partial charge in [-0.25, -0.2) is 4.98 Å². The molecule has 0 saturated carbocycles. The summed E-state index contributed by atoms with van der Waals surface area (Å²) >= 11 is 0. The van der Waals surface area contributed by atoms with Crippen LogP contribution in [0.1, 0.15) is 0 Å². The largest absolute Gasteiger partial charge is 0.497 e. The fraction of sp³-hybridized carbons (Fsp3) is 0.217. The molecule has 3 aromatic carbocycles. The lowest BCUT2D eigenvalue weighted by Crippen LogP contribution is -2.36. The number of aromatic nitrogens is 2. The van der Waals surface area contributed by atoms with Gasteiger partial charge in [-0.15, -0.1) is 0 Å². The standard InChI is InChI=1S/C23H19N3O3/c1-28-14-5-7-20-18(13-14)24-22-16-6-8-19(25-9-11-29-12-10-25)15-3-2-4-17(21(15)16)23(27)26(20)22/h2-8,13H,9-12H2,1H3. The van der Waals surface area contributed by atoms with Crippen molar-refractivity contribution in [1.29, 1.82) is 0 Å². The van der Waals surface area contributed by atoms with E-state index in [1.54, 1.807) is 11.5 Å². The Morgan fingerprint density at radius 2 is 1.83 bits per heavy atom. The number of fused-ring (bicyclic) bond motifs is 4. The van der Waals surface area contributed by atoms with E-state index in [2.05, 4.69) is 23.1 Å². The maximum absolute atomic E-state index is 13.5. The number of rotatable bonds is 2. The van der Waals surface area contributed by atoms with Crippen molar-refractivity contribution in [3.05, 3.63) is 58.9 Å². The SMILES string of the molecule is COc1ccc2c(c1)nc1c3ccc(N4CCOCC4)c4cccc(c(=O)n21)c43. The van der Waals surface area contributed by atoms with Gasteiger partial charge in [-0.1, -0.05) is 12.1 Å². The number of imidazole rings is 1. The van der Waals surface area contributed by atoms with E-state index < -0.39 is 0 Å². The third kappa shape index (κ3) is 2.26. The Labute approximate surface area is 166 Å². The van der Waals surface area contributed by atoms with E-state index >= 15 is 0 Å². The summed E-state index contributed by atoms with van der Waals surface area (Å²) in [5.41, 5.74) is 3.35. The maximum Gasteiger partial charge on any atom is 0.264 e. The summed E-state index contributed by atoms with van der Waals surface area (Å²) in [4.78, 5) is 20.6. The van der Waals surface area contributed by atoms with Gasteiger partial charge in [0.15, 0.2) is 0 Å². The van der Waals surface area contributed by atoms with Gasteiger partial charge in [0, 0.05) is 46.4 Å². The van der Waals surface area contributed by atoms with E-state index in [1.807, 2.05) is 30.3 Å². The Kier molecular flexibility index (Phi) is 3.46. The van der Waals surface area contributed by atoms with Crippen molar-refractivity contribution in [2.45, 2.75) is 0 Å². The van der Waals surface area contributed by atoms with Crippen LogP contribution in [-0.2, 0) is 4.74 Å². The Hall–Kier alpha value is -3.38. The number of pyridine rings is 1. The van der Waals surface area contributed by atoms with Crippen molar-refractivity contribution in [3.8, 4) is 5.75 Å². The van der Waals surface area contributed by atoms with E-state index in [9.17, 15) is 4.79 Å². The molecule has 1 aliphatic heterocycles. The van der Waals surface area contributed by atoms with Gasteiger partial charge in [0.25, 0.3) is 5.56 Å². The molecule has 144 valence electrons. The van der Waals surface area contributed by atoms with Crippen LogP contribution >= 0.6 is 0 Å². The Bertz CT molecular complexity index is 1450. The molecule has 0 spiro atoms. The predicted octanol–water partition coefficient (Wildman–Crippen LogP) is 3.44. The van der Waals surface area contributed by atoms with Crippen molar-refractivity contribution in [2.24, 2.45) is 0 Å². The Balaban J connectivity index is 1.75. The van der Waals surface area contributed by atoms with Gasteiger partial charge >= 0.3 is 0 Å². The number of hydrogen-bond acceptors (Lipinski definition) is 5. The van der Waals surface area contributed by atoms with Gasteiger partial charge < -0.3 is 14.4 Å². The lowest BCUT2D eigenvalue weighted by atomic mass is 10.00. The summed E-state index contributed by atoms with van der Waals surface area (Å²) in [5.74, 6) is 0.728. The van der Waals surface area contributed by atoms with Gasteiger partial charge in [-0.2, -0.15) is 0 Å². The molecular formula is C23H19N3O3. The van der Waals surface area contributed by atoms with Crippen molar-refractivity contribution >= 4 is 43.9 Å². The minimum atomic E-state index is -0.0371. The molecule has 0 amide bonds. The topological polar surface area (TPSA) is 56.1 Å². The molecule has 0 unspecified atom stereocenters. The molecule has 1 fully saturated rings. The summed E-state index contributed by atoms with van der Waals surface area (Å²) in [5, 5.41) is 3.78. The molecule has 29 heavy (non-hydrogen) atoms. The molecule has 3 heterocycles. The summed E-state index contributed by atoms with van der Waals surface area (Å²) < 4.78 is 12.6. The average molecular weight is 385 g/mol. The molecule has 5 aromatic rings. The van der Waals surface area contributed by atoms with Crippen LogP contribution in [0.15, 0.2) is 53.3 Å². The number of morpholine rings is 1. The molecule has 0 radical (unpaired) electrons. The van der Waals surface area contributed by atoms with Crippen LogP contribution in [0, 0.1) is 0 Å². The minimum Gasteiger partial charge on any atom is -0.497 e. The van der Waals surface area contributed by atoms with Crippen molar-refractivity contribution in [1.82, 2.24) is 9.38 Å². The zero-order valence-corrected chi connectivity index (χ0v) is 16.0. The molecule has 0 bridgehead atoms. The lowest BCUT2D eigenvalue weighted by molar-refractivity contribution is 0.123. The third-order valence-electron chi connectivity index (χ3n) is 5.91. The summed E-state index contributed by atoms with van der Waals surface area (Å²) in [6.07, 6.45) is 0. The third-order valence-corrected chi connectivity index (χ3v) is 5.91. The van der Waals surface area contributed by atoms with E-state index in [1.165, 1.54) is 0 Å². The highest BCUT2D eigenvalue weighted by atomic mass is 16.5. The van der Waals surface area contributed by atoms with Gasteiger partial charge in [0.2, 0.25) is 0 Å². The van der Waals surface area contributed by atoms with E-state index in [-0.39, 0.29) is 5.56 Å². The molecule has 1 saturated heterocycles. The van der Waals surface area contributed by atoms with Crippen LogP contribution in [0.2, 0.25) is 0 Å². The highest BCUT2D eigenvalue weighted by molar-refractivity contribution is 6.18. The fourth-order valence-electron chi connectivity index (χ4n) is 4.53. The zero-order chi connectivity index (χ0) is 19.5. The van der Waals surface area contributed by atoms with Crippen molar-refractivity contribution in [2.75, 3.05) is 38.3 Å². The van der Waals surface area contributed by atoms with Gasteiger partial charge in [0.05, 0.1) is 31.4 Å². The molecule has 6 heteroatoms. The second-order valence-electron chi connectivity index (χ2n) is 7.39. The molecular weight excluding hydrogens is 366 g/mol. The van der Waals surface area contributed by atoms with E-state index in [0.29, 0.717) is 5.65 Å². The average Bonchev–Trinajstić information content (AvgIpc) is 3.16. The van der Waals surface area contributed by atoms with Crippen LogP contribution in [-0.4, -0.2) is 42.8 Å². The number of methoxy groups -OCH3 is 1. The first-order valence-electron chi connectivity index (χ1n) is 9.76. The number of nitrogens with zero attached hydrogens (tertiary/aromatic N) is 3. The maximum atomic E-state index is 13.5. The highest BCUT2D eigenvalue weighted by Crippen LogP contribution is 2.36. The molecule has 6 rings (SSSR count). The van der Waals surface area contributed by atoms with Crippen molar-refractivity contribution < 1.29 is 9.47 Å². The Morgan fingerprint density at radius 3 is 2.66 bits per heavy atom. The summed E-state index contributed by atoms with van der Waals surface area (Å²) in [6.45, 7) is 3.15. The summed E-state index contributed by atoms with van der Waals surface area (Å²) in [6, 6.07) is 15.9. The van der Waals surface area contributed by atoms with Crippen LogP contribution in [0.25, 0.3) is 38.2 Å². The second-order valence-corrected chi connectivity index (χ2v) is 7.39. The molecule has 0 aliphatic carbocycles. The summed E-state index contributed by atoms with van der Waals surface area (Å²) in [7, 11) is 1.63. The molecule has 6 nitrogen and oxygen atoms in total. The van der Waals surface area contributed by atoms with Crippen LogP contribution in [0.4, 0.5) is 5.69 Å². The molecule has 1 aliphatic rings. The number of anilines is 1. The predicted molar refractivity (Wildman–Crippen MR) is 115 cm³/mol. The normalized spacial score (nSPS) is 15.1. The van der Waals surface area contributed by atoms with Crippen LogP contribution in [0.3, 0.4) is 0 Å². The first-order valence-corrected chi connectivity index (χ1v) is 9.76. The first-order chi connectivity index (χ1) is 14.3. The van der Waals surface area contributed by atoms with Gasteiger partial charge in [-0.3, -0.25) is 9.20 Å². The Morgan fingerprint density at radius 1 is 1.00 bits per heavy atom. The van der Waals surface area contributed by atoms with Gasteiger partial charge in [-0.05, 0) is 30.3 Å².